The van der Waals surface area contributed by atoms with Gasteiger partial charge in [0.15, 0.2) is 0 Å². The number of anilines is 1. The topological polar surface area (TPSA) is 29.1 Å². The summed E-state index contributed by atoms with van der Waals surface area (Å²) in [6.07, 6.45) is 0.230. The molecule has 2 heterocycles. The van der Waals surface area contributed by atoms with Gasteiger partial charge in [0, 0.05) is 27.8 Å². The highest BCUT2D eigenvalue weighted by atomic mass is 35.5. The van der Waals surface area contributed by atoms with Crippen molar-refractivity contribution in [1.29, 1.82) is 0 Å². The van der Waals surface area contributed by atoms with Crippen LogP contribution >= 0.6 is 22.9 Å². The number of amides is 1. The van der Waals surface area contributed by atoms with Crippen LogP contribution < -0.4 is 5.32 Å². The Morgan fingerprint density at radius 2 is 2.22 bits per heavy atom. The number of carbonyl (C=O) groups excluding carboxylic acids is 1. The first-order valence-corrected chi connectivity index (χ1v) is 6.73. The van der Waals surface area contributed by atoms with E-state index in [1.165, 1.54) is 17.4 Å². The van der Waals surface area contributed by atoms with E-state index >= 15 is 0 Å². The smallest absolute Gasteiger partial charge is 0.225 e. The van der Waals surface area contributed by atoms with Gasteiger partial charge in [-0.15, -0.1) is 11.3 Å². The molecule has 0 saturated carbocycles. The van der Waals surface area contributed by atoms with E-state index in [9.17, 15) is 9.18 Å². The van der Waals surface area contributed by atoms with Crippen molar-refractivity contribution < 1.29 is 9.18 Å². The molecule has 0 aliphatic carbocycles. The molecule has 0 unspecified atom stereocenters. The zero-order chi connectivity index (χ0) is 12.7. The Bertz CT molecular complexity index is 605. The zero-order valence-corrected chi connectivity index (χ0v) is 10.8. The molecule has 3 rings (SSSR count). The molecule has 0 radical (unpaired) electrons. The third-order valence-electron chi connectivity index (χ3n) is 3.02. The Morgan fingerprint density at radius 3 is 3.00 bits per heavy atom. The van der Waals surface area contributed by atoms with Gasteiger partial charge in [-0.05, 0) is 23.6 Å². The fourth-order valence-corrected chi connectivity index (χ4v) is 3.51. The van der Waals surface area contributed by atoms with Crippen LogP contribution in [-0.2, 0) is 4.79 Å². The van der Waals surface area contributed by atoms with E-state index in [0.717, 1.165) is 10.6 Å². The van der Waals surface area contributed by atoms with Gasteiger partial charge in [-0.1, -0.05) is 17.7 Å². The molecule has 1 aliphatic rings. The van der Waals surface area contributed by atoms with Gasteiger partial charge in [-0.3, -0.25) is 4.79 Å². The first-order chi connectivity index (χ1) is 8.66. The van der Waals surface area contributed by atoms with Crippen molar-refractivity contribution in [2.75, 3.05) is 5.32 Å². The summed E-state index contributed by atoms with van der Waals surface area (Å²) in [5, 5.41) is 5.04. The van der Waals surface area contributed by atoms with Gasteiger partial charge < -0.3 is 5.32 Å². The Morgan fingerprint density at radius 1 is 1.39 bits per heavy atom. The second kappa shape index (κ2) is 4.37. The maximum absolute atomic E-state index is 14.0. The lowest BCUT2D eigenvalue weighted by molar-refractivity contribution is -0.116. The Kier molecular flexibility index (Phi) is 2.84. The Balaban J connectivity index is 2.16. The summed E-state index contributed by atoms with van der Waals surface area (Å²) < 4.78 is 14.0. The van der Waals surface area contributed by atoms with Crippen molar-refractivity contribution in [2.45, 2.75) is 12.3 Å². The molecule has 1 atom stereocenters. The van der Waals surface area contributed by atoms with Gasteiger partial charge in [0.2, 0.25) is 5.91 Å². The molecular formula is C13H9ClFNOS. The van der Waals surface area contributed by atoms with Crippen LogP contribution in [0.3, 0.4) is 0 Å². The van der Waals surface area contributed by atoms with Gasteiger partial charge in [-0.25, -0.2) is 4.39 Å². The molecule has 92 valence electrons. The Labute approximate surface area is 112 Å². The van der Waals surface area contributed by atoms with E-state index in [-0.39, 0.29) is 24.1 Å². The molecule has 1 aliphatic heterocycles. The van der Waals surface area contributed by atoms with Crippen LogP contribution in [-0.4, -0.2) is 5.91 Å². The summed E-state index contributed by atoms with van der Waals surface area (Å²) >= 11 is 7.58. The quantitative estimate of drug-likeness (QED) is 0.840. The third-order valence-corrected chi connectivity index (χ3v) is 4.38. The highest BCUT2D eigenvalue weighted by molar-refractivity contribution is 7.10. The lowest BCUT2D eigenvalue weighted by Gasteiger charge is -2.23. The van der Waals surface area contributed by atoms with Crippen molar-refractivity contribution in [3.05, 3.63) is 50.9 Å². The molecular weight excluding hydrogens is 273 g/mol. The van der Waals surface area contributed by atoms with Crippen LogP contribution in [0, 0.1) is 5.82 Å². The highest BCUT2D eigenvalue weighted by Crippen LogP contribution is 2.43. The molecule has 0 spiro atoms. The molecule has 0 saturated heterocycles. The lowest BCUT2D eigenvalue weighted by atomic mass is 9.90. The highest BCUT2D eigenvalue weighted by Gasteiger charge is 2.30. The second-order valence-corrected chi connectivity index (χ2v) is 5.49. The molecule has 2 aromatic rings. The van der Waals surface area contributed by atoms with Gasteiger partial charge in [0.25, 0.3) is 0 Å². The number of hydrogen-bond donors (Lipinski definition) is 1. The number of rotatable bonds is 1. The predicted molar refractivity (Wildman–Crippen MR) is 70.8 cm³/mol. The third kappa shape index (κ3) is 1.82. The summed E-state index contributed by atoms with van der Waals surface area (Å²) in [5.74, 6) is -0.755. The van der Waals surface area contributed by atoms with E-state index in [0.29, 0.717) is 10.6 Å². The molecule has 0 fully saturated rings. The minimum absolute atomic E-state index is 0.106. The van der Waals surface area contributed by atoms with E-state index in [1.54, 1.807) is 12.1 Å². The summed E-state index contributed by atoms with van der Waals surface area (Å²) in [7, 11) is 0. The number of fused-ring (bicyclic) bond motifs is 1. The normalized spacial score (nSPS) is 18.3. The molecule has 1 aromatic heterocycles. The van der Waals surface area contributed by atoms with Crippen molar-refractivity contribution >= 4 is 34.5 Å². The minimum atomic E-state index is -0.360. The Hall–Kier alpha value is -1.39. The fourth-order valence-electron chi connectivity index (χ4n) is 2.25. The summed E-state index contributed by atoms with van der Waals surface area (Å²) in [6, 6.07) is 6.43. The number of benzene rings is 1. The minimum Gasteiger partial charge on any atom is -0.325 e. The van der Waals surface area contributed by atoms with Crippen LogP contribution in [0.1, 0.15) is 22.8 Å². The van der Waals surface area contributed by atoms with Crippen LogP contribution in [0.2, 0.25) is 5.02 Å². The molecule has 0 bridgehead atoms. The zero-order valence-electron chi connectivity index (χ0n) is 9.24. The number of nitrogens with one attached hydrogen (secondary N) is 1. The number of carbonyl (C=O) groups is 1. The largest absolute Gasteiger partial charge is 0.325 e. The predicted octanol–water partition coefficient (Wildman–Crippen LogP) is 4.01. The molecule has 5 heteroatoms. The van der Waals surface area contributed by atoms with Gasteiger partial charge in [0.05, 0.1) is 5.69 Å². The lowest BCUT2D eigenvalue weighted by Crippen LogP contribution is -2.22. The van der Waals surface area contributed by atoms with E-state index in [1.807, 2.05) is 11.4 Å². The average molecular weight is 282 g/mol. The second-order valence-electron chi connectivity index (χ2n) is 4.14. The van der Waals surface area contributed by atoms with Gasteiger partial charge in [0.1, 0.15) is 5.82 Å². The number of hydrogen-bond acceptors (Lipinski definition) is 2. The van der Waals surface area contributed by atoms with E-state index in [2.05, 4.69) is 5.32 Å². The van der Waals surface area contributed by atoms with Crippen molar-refractivity contribution in [2.24, 2.45) is 0 Å². The standard InChI is InChI=1S/C13H9ClFNOS/c14-8-2-1-3-9(15)12(8)7-6-11(17)16-10-4-5-18-13(7)10/h1-5,7H,6H2,(H,16,17)/t7-/m1/s1. The first-order valence-electron chi connectivity index (χ1n) is 5.48. The van der Waals surface area contributed by atoms with Crippen molar-refractivity contribution in [3.8, 4) is 0 Å². The van der Waals surface area contributed by atoms with E-state index < -0.39 is 0 Å². The van der Waals surface area contributed by atoms with Crippen LogP contribution in [0.25, 0.3) is 0 Å². The fraction of sp³-hybridized carbons (Fsp3) is 0.154. The summed E-state index contributed by atoms with van der Waals surface area (Å²) in [4.78, 5) is 12.6. The number of thiophene rings is 1. The average Bonchev–Trinajstić information content (AvgIpc) is 2.76. The van der Waals surface area contributed by atoms with E-state index in [4.69, 9.17) is 11.6 Å². The molecule has 1 amide bonds. The summed E-state index contributed by atoms with van der Waals surface area (Å²) in [5.41, 5.74) is 1.18. The number of halogens is 2. The molecule has 18 heavy (non-hydrogen) atoms. The first kappa shape index (κ1) is 11.7. The van der Waals surface area contributed by atoms with Crippen LogP contribution in [0.15, 0.2) is 29.6 Å². The van der Waals surface area contributed by atoms with Crippen molar-refractivity contribution in [3.63, 3.8) is 0 Å². The van der Waals surface area contributed by atoms with Gasteiger partial charge >= 0.3 is 0 Å². The van der Waals surface area contributed by atoms with Crippen LogP contribution in [0.4, 0.5) is 10.1 Å². The maximum atomic E-state index is 14.0. The molecule has 1 N–H and O–H groups in total. The van der Waals surface area contributed by atoms with Crippen molar-refractivity contribution in [1.82, 2.24) is 0 Å². The summed E-state index contributed by atoms with van der Waals surface area (Å²) in [6.45, 7) is 0. The molecule has 2 nitrogen and oxygen atoms in total. The monoisotopic (exact) mass is 281 g/mol. The maximum Gasteiger partial charge on any atom is 0.225 e. The van der Waals surface area contributed by atoms with Crippen LogP contribution in [0.5, 0.6) is 0 Å². The van der Waals surface area contributed by atoms with Gasteiger partial charge in [-0.2, -0.15) is 0 Å². The molecule has 1 aromatic carbocycles. The SMILES string of the molecule is O=C1C[C@H](c2c(F)cccc2Cl)c2sccc2N1.